The zero-order valence-electron chi connectivity index (χ0n) is 7.57. The summed E-state index contributed by atoms with van der Waals surface area (Å²) in [6.45, 7) is 1.70. The second-order valence-electron chi connectivity index (χ2n) is 2.94. The van der Waals surface area contributed by atoms with Gasteiger partial charge in [-0.1, -0.05) is 23.7 Å². The Kier molecular flexibility index (Phi) is 3.49. The average Bonchev–Trinajstić information content (AvgIpc) is 2.02. The van der Waals surface area contributed by atoms with Gasteiger partial charge in [-0.05, 0) is 24.6 Å². The van der Waals surface area contributed by atoms with Gasteiger partial charge in [0.25, 0.3) is 10.2 Å². The second kappa shape index (κ2) is 4.27. The van der Waals surface area contributed by atoms with Gasteiger partial charge in [0.1, 0.15) is 0 Å². The maximum Gasteiger partial charge on any atom is 0.274 e. The molecule has 0 aromatic heterocycles. The van der Waals surface area contributed by atoms with E-state index in [1.54, 1.807) is 31.2 Å². The lowest BCUT2D eigenvalue weighted by atomic mass is 10.1. The van der Waals surface area contributed by atoms with Crippen LogP contribution < -0.4 is 9.86 Å². The van der Waals surface area contributed by atoms with Crippen molar-refractivity contribution < 1.29 is 8.42 Å². The molecule has 0 aliphatic carbocycles. The van der Waals surface area contributed by atoms with Crippen molar-refractivity contribution in [3.05, 3.63) is 34.9 Å². The highest BCUT2D eigenvalue weighted by Gasteiger charge is 2.10. The molecule has 3 N–H and O–H groups in total. The van der Waals surface area contributed by atoms with Crippen LogP contribution in [0.2, 0.25) is 5.02 Å². The molecule has 0 unspecified atom stereocenters. The Balaban J connectivity index is 2.80. The van der Waals surface area contributed by atoms with Crippen LogP contribution in [-0.4, -0.2) is 8.42 Å². The molecule has 0 saturated carbocycles. The number of hydrogen-bond donors (Lipinski definition) is 2. The lowest BCUT2D eigenvalue weighted by Gasteiger charge is -2.11. The highest BCUT2D eigenvalue weighted by molar-refractivity contribution is 7.87. The minimum Gasteiger partial charge on any atom is -0.216 e. The summed E-state index contributed by atoms with van der Waals surface area (Å²) in [5, 5.41) is 5.45. The highest BCUT2D eigenvalue weighted by atomic mass is 35.5. The first-order valence-corrected chi connectivity index (χ1v) is 5.86. The van der Waals surface area contributed by atoms with Crippen LogP contribution in [0.15, 0.2) is 24.3 Å². The van der Waals surface area contributed by atoms with Crippen molar-refractivity contribution in [1.29, 1.82) is 0 Å². The van der Waals surface area contributed by atoms with E-state index in [0.29, 0.717) is 5.02 Å². The molecule has 6 heteroatoms. The normalized spacial score (nSPS) is 13.9. The van der Waals surface area contributed by atoms with Crippen LogP contribution in [-0.2, 0) is 10.2 Å². The summed E-state index contributed by atoms with van der Waals surface area (Å²) >= 11 is 5.69. The van der Waals surface area contributed by atoms with E-state index in [2.05, 4.69) is 4.72 Å². The maximum atomic E-state index is 10.7. The van der Waals surface area contributed by atoms with E-state index in [1.807, 2.05) is 0 Å². The standard InChI is InChI=1S/C8H11ClN2O2S/c1-6(11-14(10,12)13)7-2-4-8(9)5-3-7/h2-6,11H,1H3,(H2,10,12,13)/t6-/m1/s1. The van der Waals surface area contributed by atoms with E-state index < -0.39 is 10.2 Å². The molecule has 0 fully saturated rings. The lowest BCUT2D eigenvalue weighted by molar-refractivity contribution is 0.568. The molecular weight excluding hydrogens is 224 g/mol. The molecule has 14 heavy (non-hydrogen) atoms. The monoisotopic (exact) mass is 234 g/mol. The first kappa shape index (κ1) is 11.5. The molecule has 1 atom stereocenters. The average molecular weight is 235 g/mol. The van der Waals surface area contributed by atoms with Crippen LogP contribution in [0.25, 0.3) is 0 Å². The van der Waals surface area contributed by atoms with Gasteiger partial charge >= 0.3 is 0 Å². The Labute approximate surface area is 88.3 Å². The van der Waals surface area contributed by atoms with Gasteiger partial charge in [0, 0.05) is 11.1 Å². The minimum absolute atomic E-state index is 0.359. The predicted octanol–water partition coefficient (Wildman–Crippen LogP) is 1.19. The summed E-state index contributed by atoms with van der Waals surface area (Å²) in [5.74, 6) is 0. The molecule has 0 bridgehead atoms. The molecular formula is C8H11ClN2O2S. The van der Waals surface area contributed by atoms with E-state index in [1.165, 1.54) is 0 Å². The molecule has 0 aliphatic heterocycles. The van der Waals surface area contributed by atoms with E-state index in [-0.39, 0.29) is 6.04 Å². The van der Waals surface area contributed by atoms with Crippen molar-refractivity contribution in [2.75, 3.05) is 0 Å². The zero-order valence-corrected chi connectivity index (χ0v) is 9.14. The van der Waals surface area contributed by atoms with Gasteiger partial charge in [0.15, 0.2) is 0 Å². The van der Waals surface area contributed by atoms with Gasteiger partial charge in [-0.15, -0.1) is 0 Å². The molecule has 0 spiro atoms. The summed E-state index contributed by atoms with van der Waals surface area (Å²) in [6.07, 6.45) is 0. The van der Waals surface area contributed by atoms with Crippen LogP contribution >= 0.6 is 11.6 Å². The fourth-order valence-electron chi connectivity index (χ4n) is 1.07. The summed E-state index contributed by atoms with van der Waals surface area (Å²) in [7, 11) is -3.66. The van der Waals surface area contributed by atoms with Crippen LogP contribution in [0.4, 0.5) is 0 Å². The van der Waals surface area contributed by atoms with Crippen molar-refractivity contribution >= 4 is 21.8 Å². The van der Waals surface area contributed by atoms with Crippen molar-refractivity contribution in [1.82, 2.24) is 4.72 Å². The third-order valence-electron chi connectivity index (χ3n) is 1.71. The van der Waals surface area contributed by atoms with Gasteiger partial charge in [-0.25, -0.2) is 5.14 Å². The first-order valence-electron chi connectivity index (χ1n) is 3.94. The smallest absolute Gasteiger partial charge is 0.216 e. The number of nitrogens with one attached hydrogen (secondary N) is 1. The van der Waals surface area contributed by atoms with E-state index in [9.17, 15) is 8.42 Å². The fraction of sp³-hybridized carbons (Fsp3) is 0.250. The van der Waals surface area contributed by atoms with Crippen molar-refractivity contribution in [2.24, 2.45) is 5.14 Å². The molecule has 78 valence electrons. The van der Waals surface area contributed by atoms with Gasteiger partial charge in [0.05, 0.1) is 0 Å². The van der Waals surface area contributed by atoms with Crippen molar-refractivity contribution in [2.45, 2.75) is 13.0 Å². The van der Waals surface area contributed by atoms with E-state index in [4.69, 9.17) is 16.7 Å². The molecule has 0 aliphatic rings. The topological polar surface area (TPSA) is 72.2 Å². The van der Waals surface area contributed by atoms with Crippen molar-refractivity contribution in [3.63, 3.8) is 0 Å². The molecule has 4 nitrogen and oxygen atoms in total. The van der Waals surface area contributed by atoms with Gasteiger partial charge in [-0.3, -0.25) is 0 Å². The lowest BCUT2D eigenvalue weighted by Crippen LogP contribution is -2.32. The van der Waals surface area contributed by atoms with E-state index in [0.717, 1.165) is 5.56 Å². The van der Waals surface area contributed by atoms with Crippen LogP contribution in [0.3, 0.4) is 0 Å². The molecule has 1 aromatic rings. The zero-order chi connectivity index (χ0) is 10.8. The second-order valence-corrected chi connectivity index (χ2v) is 4.70. The number of benzene rings is 1. The SMILES string of the molecule is C[C@@H](NS(N)(=O)=O)c1ccc(Cl)cc1. The maximum absolute atomic E-state index is 10.7. The largest absolute Gasteiger partial charge is 0.274 e. The fourth-order valence-corrected chi connectivity index (χ4v) is 1.82. The molecule has 0 saturated heterocycles. The summed E-state index contributed by atoms with van der Waals surface area (Å²) < 4.78 is 23.7. The molecule has 1 aromatic carbocycles. The molecule has 0 amide bonds. The first-order chi connectivity index (χ1) is 6.38. The predicted molar refractivity (Wildman–Crippen MR) is 56.1 cm³/mol. The van der Waals surface area contributed by atoms with Gasteiger partial charge in [0.2, 0.25) is 0 Å². The Morgan fingerprint density at radius 2 is 1.86 bits per heavy atom. The Hall–Kier alpha value is -0.620. The molecule has 1 rings (SSSR count). The Bertz CT molecular complexity index is 402. The summed E-state index contributed by atoms with van der Waals surface area (Å²) in [5.41, 5.74) is 0.809. The third kappa shape index (κ3) is 3.63. The Morgan fingerprint density at radius 3 is 2.29 bits per heavy atom. The molecule has 0 heterocycles. The molecule has 0 radical (unpaired) electrons. The van der Waals surface area contributed by atoms with Crippen LogP contribution in [0.1, 0.15) is 18.5 Å². The van der Waals surface area contributed by atoms with Gasteiger partial charge in [-0.2, -0.15) is 13.1 Å². The summed E-state index contributed by atoms with van der Waals surface area (Å²) in [4.78, 5) is 0. The Morgan fingerprint density at radius 1 is 1.36 bits per heavy atom. The minimum atomic E-state index is -3.66. The number of halogens is 1. The van der Waals surface area contributed by atoms with E-state index >= 15 is 0 Å². The van der Waals surface area contributed by atoms with Crippen LogP contribution in [0, 0.1) is 0 Å². The van der Waals surface area contributed by atoms with Crippen molar-refractivity contribution in [3.8, 4) is 0 Å². The quantitative estimate of drug-likeness (QED) is 0.825. The van der Waals surface area contributed by atoms with Gasteiger partial charge < -0.3 is 0 Å². The summed E-state index contributed by atoms with van der Waals surface area (Å²) in [6, 6.07) is 6.51. The number of hydrogen-bond acceptors (Lipinski definition) is 2. The number of rotatable bonds is 3. The van der Waals surface area contributed by atoms with Crippen LogP contribution in [0.5, 0.6) is 0 Å². The third-order valence-corrected chi connectivity index (χ3v) is 2.65. The number of nitrogens with two attached hydrogens (primary N) is 1. The highest BCUT2D eigenvalue weighted by Crippen LogP contribution is 2.15.